The zero-order valence-corrected chi connectivity index (χ0v) is 24.6. The topological polar surface area (TPSA) is 77.1 Å². The minimum Gasteiger partial charge on any atom is -0.453 e. The van der Waals surface area contributed by atoms with Gasteiger partial charge in [-0.25, -0.2) is 4.79 Å². The molecule has 2 amide bonds. The van der Waals surface area contributed by atoms with Gasteiger partial charge in [0, 0.05) is 6.54 Å². The van der Waals surface area contributed by atoms with Gasteiger partial charge in [-0.3, -0.25) is 4.79 Å². The van der Waals surface area contributed by atoms with Gasteiger partial charge >= 0.3 is 13.2 Å². The zero-order chi connectivity index (χ0) is 28.1. The van der Waals surface area contributed by atoms with Crippen molar-refractivity contribution in [1.82, 2.24) is 10.2 Å². The highest BCUT2D eigenvalue weighted by atomic mass is 16.7. The van der Waals surface area contributed by atoms with Gasteiger partial charge in [0.05, 0.1) is 24.4 Å². The number of nitrogens with zero attached hydrogens (tertiary/aromatic N) is 1. The van der Waals surface area contributed by atoms with E-state index in [1.807, 2.05) is 18.7 Å². The normalized spacial score (nSPS) is 24.6. The molecule has 2 aliphatic carbocycles. The molecule has 2 heterocycles. The van der Waals surface area contributed by atoms with E-state index < -0.39 is 12.1 Å². The molecule has 7 nitrogen and oxygen atoms in total. The third kappa shape index (κ3) is 5.06. The number of nitrogens with one attached hydrogen (secondary N) is 1. The van der Waals surface area contributed by atoms with Crippen molar-refractivity contribution >= 4 is 30.2 Å². The fourth-order valence-corrected chi connectivity index (χ4v) is 6.52. The molecule has 39 heavy (non-hydrogen) atoms. The second kappa shape index (κ2) is 10.4. The van der Waals surface area contributed by atoms with Gasteiger partial charge in [0.15, 0.2) is 0 Å². The quantitative estimate of drug-likeness (QED) is 0.521. The molecule has 210 valence electrons. The Morgan fingerprint density at radius 2 is 1.64 bits per heavy atom. The highest BCUT2D eigenvalue weighted by molar-refractivity contribution is 6.62. The largest absolute Gasteiger partial charge is 0.494 e. The van der Waals surface area contributed by atoms with Crippen molar-refractivity contribution in [1.29, 1.82) is 0 Å². The molecular weight excluding hydrogens is 491 g/mol. The van der Waals surface area contributed by atoms with E-state index in [4.69, 9.17) is 14.0 Å². The summed E-state index contributed by atoms with van der Waals surface area (Å²) in [5.74, 6) is -0.0388. The van der Waals surface area contributed by atoms with E-state index in [9.17, 15) is 9.59 Å². The molecule has 2 aliphatic heterocycles. The molecule has 4 aliphatic rings. The number of hydrogen-bond acceptors (Lipinski definition) is 5. The fraction of sp³-hybridized carbons (Fsp3) is 0.613. The maximum absolute atomic E-state index is 13.7. The van der Waals surface area contributed by atoms with E-state index >= 15 is 0 Å². The Bertz CT molecular complexity index is 1180. The molecule has 5 rings (SSSR count). The maximum atomic E-state index is 13.7. The number of hydrogen-bond donors (Lipinski definition) is 1. The molecule has 1 aromatic carbocycles. The van der Waals surface area contributed by atoms with Gasteiger partial charge in [0.2, 0.25) is 5.91 Å². The average molecular weight is 535 g/mol. The summed E-state index contributed by atoms with van der Waals surface area (Å²) in [7, 11) is 0.962. The van der Waals surface area contributed by atoms with Crippen LogP contribution in [0, 0.1) is 5.92 Å². The van der Waals surface area contributed by atoms with Gasteiger partial charge in [-0.15, -0.1) is 0 Å². The van der Waals surface area contributed by atoms with Gasteiger partial charge in [0.25, 0.3) is 0 Å². The first-order valence-corrected chi connectivity index (χ1v) is 14.5. The van der Waals surface area contributed by atoms with Crippen molar-refractivity contribution in [2.45, 2.75) is 103 Å². The summed E-state index contributed by atoms with van der Waals surface area (Å²) >= 11 is 0. The number of carbonyl (C=O) groups excluding carboxylic acids is 2. The Morgan fingerprint density at radius 3 is 2.26 bits per heavy atom. The van der Waals surface area contributed by atoms with Crippen molar-refractivity contribution in [2.75, 3.05) is 13.7 Å². The van der Waals surface area contributed by atoms with Gasteiger partial charge in [-0.2, -0.15) is 0 Å². The van der Waals surface area contributed by atoms with E-state index in [1.54, 1.807) is 0 Å². The van der Waals surface area contributed by atoms with Crippen LogP contribution in [0.15, 0.2) is 41.0 Å². The number of methoxy groups -OCH3 is 1. The molecule has 0 bridgehead atoms. The first-order valence-electron chi connectivity index (χ1n) is 14.5. The number of carbonyl (C=O) groups is 2. The van der Waals surface area contributed by atoms with E-state index in [1.165, 1.54) is 35.0 Å². The second-order valence-corrected chi connectivity index (χ2v) is 12.7. The molecule has 2 atom stereocenters. The average Bonchev–Trinajstić information content (AvgIpc) is 3.65. The number of rotatable bonds is 6. The molecule has 8 heteroatoms. The Balaban J connectivity index is 1.35. The van der Waals surface area contributed by atoms with E-state index in [2.05, 4.69) is 57.3 Å². The van der Waals surface area contributed by atoms with Gasteiger partial charge in [-0.05, 0) is 105 Å². The number of amides is 2. The summed E-state index contributed by atoms with van der Waals surface area (Å²) in [6.45, 7) is 13.0. The predicted molar refractivity (Wildman–Crippen MR) is 153 cm³/mol. The molecule has 2 saturated heterocycles. The molecule has 0 spiro atoms. The smallest absolute Gasteiger partial charge is 0.453 e. The van der Waals surface area contributed by atoms with Crippen LogP contribution in [0.25, 0.3) is 5.57 Å². The van der Waals surface area contributed by atoms with Crippen molar-refractivity contribution in [3.8, 4) is 0 Å². The Morgan fingerprint density at radius 1 is 1.00 bits per heavy atom. The molecule has 0 aromatic heterocycles. The maximum Gasteiger partial charge on any atom is 0.494 e. The van der Waals surface area contributed by atoms with Crippen LogP contribution >= 0.6 is 0 Å². The van der Waals surface area contributed by atoms with E-state index in [0.29, 0.717) is 0 Å². The SMILES string of the molecule is COC(=O)N[C@H](C(=O)N1CCC[C@H]1C1=C2CCCC2=C(c2ccc(B3OC(C)(C)C(C)(C)O3)cc2)C1)C(C)C. The highest BCUT2D eigenvalue weighted by Crippen LogP contribution is 2.49. The van der Waals surface area contributed by atoms with Crippen molar-refractivity contribution in [3.05, 3.63) is 46.5 Å². The number of benzene rings is 1. The minimum atomic E-state index is -0.594. The van der Waals surface area contributed by atoms with Crippen LogP contribution in [0.1, 0.15) is 85.6 Å². The van der Waals surface area contributed by atoms with Crippen molar-refractivity contribution in [2.24, 2.45) is 5.92 Å². The summed E-state index contributed by atoms with van der Waals surface area (Å²) in [6.07, 6.45) is 5.58. The molecular formula is C31H43BN2O5. The monoisotopic (exact) mass is 534 g/mol. The Hall–Kier alpha value is -2.58. The number of alkyl carbamates (subject to hydrolysis) is 1. The van der Waals surface area contributed by atoms with Crippen LogP contribution in [0.4, 0.5) is 4.79 Å². The third-order valence-electron chi connectivity index (χ3n) is 9.45. The van der Waals surface area contributed by atoms with Gasteiger partial charge in [-0.1, -0.05) is 38.1 Å². The predicted octanol–water partition coefficient (Wildman–Crippen LogP) is 5.00. The van der Waals surface area contributed by atoms with Crippen LogP contribution in [-0.4, -0.2) is 61.0 Å². The lowest BCUT2D eigenvalue weighted by atomic mass is 9.78. The standard InChI is InChI=1S/C31H43BN2O5/c1-19(2)27(33-29(36)37-7)28(35)34-17-9-12-26(34)25-18-24(22-10-8-11-23(22)25)20-13-15-21(16-14-20)32-38-30(3,4)31(5,6)39-32/h13-16,19,26-27H,8-12,17-18H2,1-7H3,(H,33,36)/t26-,27-/m0/s1. The van der Waals surface area contributed by atoms with Crippen LogP contribution in [0.3, 0.4) is 0 Å². The molecule has 1 aromatic rings. The summed E-state index contributed by atoms with van der Waals surface area (Å²) in [6, 6.07) is 8.16. The Labute approximate surface area is 233 Å². The number of fused-ring (bicyclic) bond motifs is 1. The van der Waals surface area contributed by atoms with Gasteiger partial charge < -0.3 is 24.3 Å². The van der Waals surface area contributed by atoms with Crippen molar-refractivity contribution < 1.29 is 23.6 Å². The molecule has 3 fully saturated rings. The summed E-state index contributed by atoms with van der Waals surface area (Å²) in [4.78, 5) is 27.7. The number of allylic oxidation sites excluding steroid dienone is 3. The fourth-order valence-electron chi connectivity index (χ4n) is 6.52. The number of likely N-dealkylation sites (tertiary alicyclic amines) is 1. The first kappa shape index (κ1) is 28.0. The summed E-state index contributed by atoms with van der Waals surface area (Å²) < 4.78 is 17.3. The van der Waals surface area contributed by atoms with E-state index in [0.717, 1.165) is 50.5 Å². The summed E-state index contributed by atoms with van der Waals surface area (Å²) in [5.41, 5.74) is 7.27. The van der Waals surface area contributed by atoms with E-state index in [-0.39, 0.29) is 36.2 Å². The Kier molecular flexibility index (Phi) is 7.48. The zero-order valence-electron chi connectivity index (χ0n) is 24.6. The lowest BCUT2D eigenvalue weighted by molar-refractivity contribution is -0.134. The molecule has 0 radical (unpaired) electrons. The first-order chi connectivity index (χ1) is 18.4. The van der Waals surface area contributed by atoms with Crippen LogP contribution in [0.2, 0.25) is 0 Å². The molecule has 1 saturated carbocycles. The van der Waals surface area contributed by atoms with Gasteiger partial charge in [0.1, 0.15) is 6.04 Å². The highest BCUT2D eigenvalue weighted by Gasteiger charge is 2.51. The summed E-state index contributed by atoms with van der Waals surface area (Å²) in [5, 5.41) is 2.77. The molecule has 1 N–H and O–H groups in total. The second-order valence-electron chi connectivity index (χ2n) is 12.7. The van der Waals surface area contributed by atoms with Crippen LogP contribution in [0.5, 0.6) is 0 Å². The third-order valence-corrected chi connectivity index (χ3v) is 9.45. The minimum absolute atomic E-state index is 0.00855. The molecule has 0 unspecified atom stereocenters. The lowest BCUT2D eigenvalue weighted by Crippen LogP contribution is -2.52. The van der Waals surface area contributed by atoms with Crippen molar-refractivity contribution in [3.63, 3.8) is 0 Å². The lowest BCUT2D eigenvalue weighted by Gasteiger charge is -2.32. The number of ether oxygens (including phenoxy) is 1. The van der Waals surface area contributed by atoms with Crippen LogP contribution < -0.4 is 10.8 Å². The van der Waals surface area contributed by atoms with Crippen LogP contribution in [-0.2, 0) is 18.8 Å².